The van der Waals surface area contributed by atoms with E-state index in [0.717, 1.165) is 62.0 Å². The molecule has 5 nitrogen and oxygen atoms in total. The fraction of sp³-hybridized carbons (Fsp3) is 0.0339. The number of para-hydroxylation sites is 1. The predicted octanol–water partition coefficient (Wildman–Crippen LogP) is 16.0. The monoisotopic (exact) mass is 848 g/mol. The van der Waals surface area contributed by atoms with Crippen LogP contribution in [0.3, 0.4) is 0 Å². The molecule has 0 aliphatic heterocycles. The summed E-state index contributed by atoms with van der Waals surface area (Å²) in [4.78, 5) is 16.4. The van der Waals surface area contributed by atoms with Gasteiger partial charge in [-0.3, -0.25) is 0 Å². The number of fused-ring (bicyclic) bond motifs is 11. The minimum absolute atomic E-state index is 0.0725. The van der Waals surface area contributed by atoms with Gasteiger partial charge in [-0.25, -0.2) is 15.0 Å². The molecule has 0 N–H and O–H groups in total. The smallest absolute Gasteiger partial charge is 0.165 e. The van der Waals surface area contributed by atoms with Crippen LogP contribution in [-0.4, -0.2) is 19.5 Å². The van der Waals surface area contributed by atoms with Crippen molar-refractivity contribution in [2.24, 2.45) is 0 Å². The van der Waals surface area contributed by atoms with E-state index < -0.39 is 0 Å². The van der Waals surface area contributed by atoms with E-state index in [0.29, 0.717) is 11.6 Å². The van der Waals surface area contributed by atoms with Crippen molar-refractivity contribution in [1.82, 2.24) is 19.5 Å². The first-order valence-corrected chi connectivity index (χ1v) is 22.9. The standard InChI is InChI=1S/C59H36N4OS/c1-2-13-35(14-3-1)36-19-12-20-41(29-36)57-60-58(42-25-26-44-43-21-9-11-24-53(43)65-54(44)34-42)62-59(61-57)46-27-28-52-55(45-22-8-10-23-51(45)64-52)56(46)63-49-32-39-17-6-4-15-37(39)30-47(49)48-31-38-16-5-7-18-40(38)33-50(48)63/h1-28,30-34,41H,29H2. The Morgan fingerprint density at radius 3 is 1.91 bits per heavy atom. The zero-order chi connectivity index (χ0) is 42.6. The number of aromatic nitrogens is 4. The van der Waals surface area contributed by atoms with Gasteiger partial charge in [0.05, 0.1) is 22.1 Å². The van der Waals surface area contributed by atoms with Crippen molar-refractivity contribution in [3.05, 3.63) is 212 Å². The highest BCUT2D eigenvalue weighted by atomic mass is 32.1. The quantitative estimate of drug-likeness (QED) is 0.173. The second-order valence-corrected chi connectivity index (χ2v) is 18.2. The molecule has 0 bridgehead atoms. The van der Waals surface area contributed by atoms with E-state index in [2.05, 4.69) is 199 Å². The molecule has 1 aliphatic rings. The molecule has 9 aromatic carbocycles. The van der Waals surface area contributed by atoms with Crippen molar-refractivity contribution in [3.8, 4) is 28.5 Å². The van der Waals surface area contributed by atoms with E-state index in [9.17, 15) is 0 Å². The van der Waals surface area contributed by atoms with Gasteiger partial charge in [-0.05, 0) is 93.7 Å². The molecule has 14 rings (SSSR count). The fourth-order valence-corrected chi connectivity index (χ4v) is 11.4. The molecule has 1 atom stereocenters. The molecule has 1 unspecified atom stereocenters. The zero-order valence-electron chi connectivity index (χ0n) is 34.9. The van der Waals surface area contributed by atoms with Gasteiger partial charge in [0.2, 0.25) is 0 Å². The highest BCUT2D eigenvalue weighted by molar-refractivity contribution is 7.25. The van der Waals surface area contributed by atoms with Crippen LogP contribution in [0.4, 0.5) is 0 Å². The van der Waals surface area contributed by atoms with Gasteiger partial charge in [-0.1, -0.05) is 146 Å². The third-order valence-corrected chi connectivity index (χ3v) is 14.5. The van der Waals surface area contributed by atoms with Gasteiger partial charge in [0.25, 0.3) is 0 Å². The first-order chi connectivity index (χ1) is 32.2. The molecule has 0 amide bonds. The van der Waals surface area contributed by atoms with Crippen LogP contribution in [0.15, 0.2) is 205 Å². The maximum atomic E-state index is 6.70. The second-order valence-electron chi connectivity index (χ2n) is 17.1. The molecule has 4 heterocycles. The molecule has 13 aromatic rings. The van der Waals surface area contributed by atoms with Crippen LogP contribution < -0.4 is 0 Å². The summed E-state index contributed by atoms with van der Waals surface area (Å²) >= 11 is 1.81. The number of thiophene rings is 1. The highest BCUT2D eigenvalue weighted by Gasteiger charge is 2.27. The molecule has 304 valence electrons. The van der Waals surface area contributed by atoms with Crippen molar-refractivity contribution < 1.29 is 4.42 Å². The molecule has 4 aromatic heterocycles. The Morgan fingerprint density at radius 1 is 0.492 bits per heavy atom. The summed E-state index contributed by atoms with van der Waals surface area (Å²) in [5, 5.41) is 11.7. The van der Waals surface area contributed by atoms with E-state index in [1.807, 2.05) is 6.07 Å². The lowest BCUT2D eigenvalue weighted by atomic mass is 9.89. The van der Waals surface area contributed by atoms with Crippen molar-refractivity contribution in [2.75, 3.05) is 0 Å². The number of benzene rings is 9. The van der Waals surface area contributed by atoms with E-state index in [4.69, 9.17) is 19.4 Å². The molecule has 6 heteroatoms. The summed E-state index contributed by atoms with van der Waals surface area (Å²) < 4.78 is 11.6. The first kappa shape index (κ1) is 36.3. The minimum Gasteiger partial charge on any atom is -0.456 e. The normalized spacial score (nSPS) is 14.3. The SMILES string of the molecule is C1=CC(c2nc(-c3ccc4c(c3)sc3ccccc34)nc(-c3ccc4oc5ccccc5c4c3-n3c4cc5ccccc5cc4c4cc5ccccc5cc43)n2)CC(c2ccccc2)=C1. The molecule has 0 radical (unpaired) electrons. The van der Waals surface area contributed by atoms with E-state index >= 15 is 0 Å². The van der Waals surface area contributed by atoms with Crippen LogP contribution in [0.2, 0.25) is 0 Å². The molecule has 0 spiro atoms. The van der Waals surface area contributed by atoms with Gasteiger partial charge in [0, 0.05) is 53.4 Å². The van der Waals surface area contributed by atoms with Gasteiger partial charge in [-0.15, -0.1) is 11.3 Å². The lowest BCUT2D eigenvalue weighted by Crippen LogP contribution is -2.10. The molecule has 65 heavy (non-hydrogen) atoms. The van der Waals surface area contributed by atoms with Gasteiger partial charge in [-0.2, -0.15) is 0 Å². The van der Waals surface area contributed by atoms with Crippen LogP contribution in [0.25, 0.3) is 119 Å². The number of hydrogen-bond donors (Lipinski definition) is 0. The predicted molar refractivity (Wildman–Crippen MR) is 271 cm³/mol. The van der Waals surface area contributed by atoms with E-state index in [-0.39, 0.29) is 5.92 Å². The Morgan fingerprint density at radius 2 is 1.14 bits per heavy atom. The summed E-state index contributed by atoms with van der Waals surface area (Å²) in [5.74, 6) is 1.93. The van der Waals surface area contributed by atoms with Crippen molar-refractivity contribution in [3.63, 3.8) is 0 Å². The van der Waals surface area contributed by atoms with Gasteiger partial charge in [0.1, 0.15) is 17.0 Å². The number of rotatable bonds is 5. The largest absolute Gasteiger partial charge is 0.456 e. The Labute approximate surface area is 376 Å². The highest BCUT2D eigenvalue weighted by Crippen LogP contribution is 2.45. The van der Waals surface area contributed by atoms with Crippen LogP contribution in [0.5, 0.6) is 0 Å². The van der Waals surface area contributed by atoms with Crippen molar-refractivity contribution in [2.45, 2.75) is 12.3 Å². The molecule has 0 saturated carbocycles. The maximum absolute atomic E-state index is 6.70. The third kappa shape index (κ3) is 5.74. The number of allylic oxidation sites excluding steroid dienone is 4. The van der Waals surface area contributed by atoms with Gasteiger partial charge < -0.3 is 8.98 Å². The average Bonchev–Trinajstić information content (AvgIpc) is 4.03. The lowest BCUT2D eigenvalue weighted by molar-refractivity contribution is 0.669. The number of hydrogen-bond acceptors (Lipinski definition) is 5. The Balaban J connectivity index is 1.08. The van der Waals surface area contributed by atoms with Gasteiger partial charge >= 0.3 is 0 Å². The van der Waals surface area contributed by atoms with Crippen LogP contribution in [0, 0.1) is 0 Å². The first-order valence-electron chi connectivity index (χ1n) is 22.1. The van der Waals surface area contributed by atoms with E-state index in [1.54, 1.807) is 11.3 Å². The fourth-order valence-electron chi connectivity index (χ4n) is 10.2. The molecule has 1 aliphatic carbocycles. The van der Waals surface area contributed by atoms with Gasteiger partial charge in [0.15, 0.2) is 11.6 Å². The van der Waals surface area contributed by atoms with Crippen molar-refractivity contribution in [1.29, 1.82) is 0 Å². The molecule has 0 fully saturated rings. The second kappa shape index (κ2) is 14.2. The lowest BCUT2D eigenvalue weighted by Gasteiger charge is -2.20. The van der Waals surface area contributed by atoms with E-state index in [1.165, 1.54) is 63.6 Å². The Bertz CT molecular complexity index is 4080. The number of nitrogens with zero attached hydrogens (tertiary/aromatic N) is 4. The van der Waals surface area contributed by atoms with Crippen LogP contribution in [0.1, 0.15) is 23.7 Å². The maximum Gasteiger partial charge on any atom is 0.165 e. The number of furan rings is 1. The average molecular weight is 849 g/mol. The summed E-state index contributed by atoms with van der Waals surface area (Å²) in [5.41, 5.74) is 9.14. The summed E-state index contributed by atoms with van der Waals surface area (Å²) in [6.07, 6.45) is 7.38. The van der Waals surface area contributed by atoms with Crippen molar-refractivity contribution >= 4 is 102 Å². The molecular weight excluding hydrogens is 813 g/mol. The molecule has 0 saturated heterocycles. The summed E-state index contributed by atoms with van der Waals surface area (Å²) in [6.45, 7) is 0. The Kier molecular flexibility index (Phi) is 7.91. The topological polar surface area (TPSA) is 56.7 Å². The minimum atomic E-state index is -0.0725. The van der Waals surface area contributed by atoms with Crippen LogP contribution >= 0.6 is 11.3 Å². The third-order valence-electron chi connectivity index (χ3n) is 13.3. The molecular formula is C59H36N4OS. The Hall–Kier alpha value is -8.19. The van der Waals surface area contributed by atoms with Crippen LogP contribution in [-0.2, 0) is 0 Å². The zero-order valence-corrected chi connectivity index (χ0v) is 35.8. The summed E-state index contributed by atoms with van der Waals surface area (Å²) in [7, 11) is 0. The summed E-state index contributed by atoms with van der Waals surface area (Å²) in [6, 6.07) is 65.2.